The molecule has 2 aliphatic rings. The molecule has 46 heavy (non-hydrogen) atoms. The van der Waals surface area contributed by atoms with Gasteiger partial charge in [-0.3, -0.25) is 9.59 Å². The van der Waals surface area contributed by atoms with Crippen molar-refractivity contribution in [3.63, 3.8) is 0 Å². The number of hydrogen-bond acceptors (Lipinski definition) is 6. The molecule has 2 amide bonds. The molecular weight excluding hydrogens is 614 g/mol. The third-order valence-corrected chi connectivity index (χ3v) is 10.5. The summed E-state index contributed by atoms with van der Waals surface area (Å²) in [6.07, 6.45) is 0.301. The normalized spacial score (nSPS) is 20.4. The number of rotatable bonds is 12. The van der Waals surface area contributed by atoms with Crippen molar-refractivity contribution in [2.45, 2.75) is 55.7 Å². The first-order chi connectivity index (χ1) is 22.0. The predicted molar refractivity (Wildman–Crippen MR) is 170 cm³/mol. The fourth-order valence-corrected chi connectivity index (χ4v) is 7.60. The molecule has 2 heterocycles. The minimum atomic E-state index is -3.93. The van der Waals surface area contributed by atoms with Crippen molar-refractivity contribution in [2.24, 2.45) is 5.92 Å². The number of nitrogens with one attached hydrogen (secondary N) is 2. The summed E-state index contributed by atoms with van der Waals surface area (Å²) in [6, 6.07) is 17.4. The van der Waals surface area contributed by atoms with Crippen LogP contribution in [0.25, 0.3) is 11.1 Å². The van der Waals surface area contributed by atoms with Crippen LogP contribution in [0, 0.1) is 17.6 Å². The third kappa shape index (κ3) is 7.98. The molecule has 0 bridgehead atoms. The van der Waals surface area contributed by atoms with E-state index >= 15 is 0 Å². The molecule has 0 saturated carbocycles. The SMILES string of the molecule is CCCCN1CC(C(=O)NC(Cc2cc(F)cc(F)c2)[C@H](O)[C@H]2CN(S(=O)(=O)c3ccc(-c4ccccc4)cc3)CCN2)CC1=O. The van der Waals surface area contributed by atoms with Gasteiger partial charge in [-0.15, -0.1) is 0 Å². The summed E-state index contributed by atoms with van der Waals surface area (Å²) in [7, 11) is -3.93. The zero-order valence-electron chi connectivity index (χ0n) is 25.7. The second-order valence-electron chi connectivity index (χ2n) is 12.0. The number of carbonyl (C=O) groups excluding carboxylic acids is 2. The van der Waals surface area contributed by atoms with E-state index in [9.17, 15) is 31.9 Å². The molecule has 0 radical (unpaired) electrons. The van der Waals surface area contributed by atoms with Crippen LogP contribution in [0.5, 0.6) is 0 Å². The Morgan fingerprint density at radius 2 is 1.70 bits per heavy atom. The van der Waals surface area contributed by atoms with Gasteiger partial charge in [-0.1, -0.05) is 55.8 Å². The minimum absolute atomic E-state index is 0.0315. The maximum Gasteiger partial charge on any atom is 0.243 e. The van der Waals surface area contributed by atoms with Crippen LogP contribution in [0.2, 0.25) is 0 Å². The summed E-state index contributed by atoms with van der Waals surface area (Å²) in [4.78, 5) is 27.7. The second kappa shape index (κ2) is 14.8. The van der Waals surface area contributed by atoms with Crippen molar-refractivity contribution in [3.05, 3.63) is 90.0 Å². The number of aliphatic hydroxyl groups is 1. The summed E-state index contributed by atoms with van der Waals surface area (Å²) in [6.45, 7) is 3.12. The van der Waals surface area contributed by atoms with Crippen molar-refractivity contribution < 1.29 is 31.9 Å². The average molecular weight is 655 g/mol. The van der Waals surface area contributed by atoms with Crippen LogP contribution in [0.3, 0.4) is 0 Å². The molecule has 4 atom stereocenters. The highest BCUT2D eigenvalue weighted by atomic mass is 32.2. The highest BCUT2D eigenvalue weighted by Crippen LogP contribution is 2.25. The van der Waals surface area contributed by atoms with Crippen molar-refractivity contribution in [2.75, 3.05) is 32.7 Å². The van der Waals surface area contributed by atoms with E-state index in [1.54, 1.807) is 29.2 Å². The Balaban J connectivity index is 1.32. The molecule has 9 nitrogen and oxygen atoms in total. The first-order valence-corrected chi connectivity index (χ1v) is 17.1. The number of amides is 2. The van der Waals surface area contributed by atoms with Crippen LogP contribution in [0.1, 0.15) is 31.7 Å². The number of likely N-dealkylation sites (tertiary alicyclic amines) is 1. The molecule has 246 valence electrons. The molecule has 12 heteroatoms. The van der Waals surface area contributed by atoms with E-state index < -0.39 is 51.7 Å². The maximum absolute atomic E-state index is 14.1. The molecule has 0 spiro atoms. The number of sulfonamides is 1. The van der Waals surface area contributed by atoms with Crippen molar-refractivity contribution >= 4 is 21.8 Å². The Labute approximate surface area is 268 Å². The Hall–Kier alpha value is -3.71. The van der Waals surface area contributed by atoms with Gasteiger partial charge in [0.25, 0.3) is 0 Å². The summed E-state index contributed by atoms with van der Waals surface area (Å²) >= 11 is 0. The molecule has 2 fully saturated rings. The first-order valence-electron chi connectivity index (χ1n) is 15.7. The second-order valence-corrected chi connectivity index (χ2v) is 13.9. The lowest BCUT2D eigenvalue weighted by atomic mass is 9.94. The first kappa shape index (κ1) is 33.6. The highest BCUT2D eigenvalue weighted by Gasteiger charge is 2.39. The van der Waals surface area contributed by atoms with Gasteiger partial charge in [0.2, 0.25) is 21.8 Å². The van der Waals surface area contributed by atoms with Gasteiger partial charge >= 0.3 is 0 Å². The van der Waals surface area contributed by atoms with Gasteiger partial charge in [0.1, 0.15) is 11.6 Å². The predicted octanol–water partition coefficient (Wildman–Crippen LogP) is 3.33. The van der Waals surface area contributed by atoms with E-state index in [2.05, 4.69) is 10.6 Å². The average Bonchev–Trinajstić information content (AvgIpc) is 3.43. The lowest BCUT2D eigenvalue weighted by Crippen LogP contribution is -2.62. The number of nitrogens with zero attached hydrogens (tertiary/aromatic N) is 2. The number of hydrogen-bond donors (Lipinski definition) is 3. The lowest BCUT2D eigenvalue weighted by Gasteiger charge is -2.38. The van der Waals surface area contributed by atoms with Crippen molar-refractivity contribution in [3.8, 4) is 11.1 Å². The van der Waals surface area contributed by atoms with Crippen LogP contribution >= 0.6 is 0 Å². The van der Waals surface area contributed by atoms with Gasteiger partial charge in [-0.05, 0) is 53.8 Å². The molecule has 5 rings (SSSR count). The molecule has 3 aromatic carbocycles. The van der Waals surface area contributed by atoms with Crippen molar-refractivity contribution in [1.29, 1.82) is 0 Å². The number of aliphatic hydroxyl groups excluding tert-OH is 1. The smallest absolute Gasteiger partial charge is 0.243 e. The van der Waals surface area contributed by atoms with E-state index in [0.29, 0.717) is 6.54 Å². The van der Waals surface area contributed by atoms with E-state index in [0.717, 1.165) is 42.2 Å². The van der Waals surface area contributed by atoms with Crippen LogP contribution in [-0.4, -0.2) is 85.5 Å². The van der Waals surface area contributed by atoms with Gasteiger partial charge in [-0.25, -0.2) is 17.2 Å². The number of piperazine rings is 1. The zero-order chi connectivity index (χ0) is 32.8. The fraction of sp³-hybridized carbons (Fsp3) is 0.412. The van der Waals surface area contributed by atoms with Crippen LogP contribution < -0.4 is 10.6 Å². The van der Waals surface area contributed by atoms with E-state index in [1.165, 1.54) is 4.31 Å². The van der Waals surface area contributed by atoms with E-state index in [1.807, 2.05) is 37.3 Å². The summed E-state index contributed by atoms with van der Waals surface area (Å²) in [5.41, 5.74) is 2.05. The van der Waals surface area contributed by atoms with Gasteiger partial charge in [0.15, 0.2) is 0 Å². The fourth-order valence-electron chi connectivity index (χ4n) is 6.13. The number of halogens is 2. The molecule has 0 aliphatic carbocycles. The minimum Gasteiger partial charge on any atom is -0.389 e. The lowest BCUT2D eigenvalue weighted by molar-refractivity contribution is -0.129. The summed E-state index contributed by atoms with van der Waals surface area (Å²) in [5, 5.41) is 17.6. The quantitative estimate of drug-likeness (QED) is 0.276. The molecule has 2 unspecified atom stereocenters. The number of carbonyl (C=O) groups is 2. The Kier molecular flexibility index (Phi) is 10.8. The van der Waals surface area contributed by atoms with Gasteiger partial charge in [0.05, 0.1) is 23.0 Å². The van der Waals surface area contributed by atoms with Crippen LogP contribution in [0.15, 0.2) is 77.7 Å². The topological polar surface area (TPSA) is 119 Å². The Bertz CT molecular complexity index is 1600. The summed E-state index contributed by atoms with van der Waals surface area (Å²) < 4.78 is 56.8. The Morgan fingerprint density at radius 1 is 1.02 bits per heavy atom. The molecular formula is C34H40F2N4O5S. The molecule has 3 N–H and O–H groups in total. The van der Waals surface area contributed by atoms with Crippen molar-refractivity contribution in [1.82, 2.24) is 19.8 Å². The zero-order valence-corrected chi connectivity index (χ0v) is 26.6. The van der Waals surface area contributed by atoms with Gasteiger partial charge in [-0.2, -0.15) is 4.31 Å². The maximum atomic E-state index is 14.1. The van der Waals surface area contributed by atoms with E-state index in [-0.39, 0.29) is 55.4 Å². The summed E-state index contributed by atoms with van der Waals surface area (Å²) in [5.74, 6) is -2.81. The van der Waals surface area contributed by atoms with Crippen LogP contribution in [-0.2, 0) is 26.0 Å². The largest absolute Gasteiger partial charge is 0.389 e. The van der Waals surface area contributed by atoms with Gasteiger partial charge in [0, 0.05) is 51.3 Å². The Morgan fingerprint density at radius 3 is 2.37 bits per heavy atom. The molecule has 2 aliphatic heterocycles. The third-order valence-electron chi connectivity index (χ3n) is 8.66. The highest BCUT2D eigenvalue weighted by molar-refractivity contribution is 7.89. The molecule has 2 saturated heterocycles. The van der Waals surface area contributed by atoms with E-state index in [4.69, 9.17) is 0 Å². The molecule has 0 aromatic heterocycles. The standard InChI is InChI=1S/C34H40F2N4O5S/c1-2-3-14-39-21-26(19-32(39)41)34(43)38-30(18-23-16-27(35)20-28(36)17-23)33(42)31-22-40(15-13-37-31)46(44,45)29-11-9-25(10-12-29)24-7-5-4-6-8-24/h4-12,16-17,20,26,30-31,33,37,42H,2-3,13-15,18-19,21-22H2,1H3,(H,38,43)/t26?,30?,31-,33+/m1/s1. The molecule has 3 aromatic rings. The van der Waals surface area contributed by atoms with Crippen LogP contribution in [0.4, 0.5) is 8.78 Å². The van der Waals surface area contributed by atoms with Gasteiger partial charge < -0.3 is 20.6 Å². The number of unbranched alkanes of at least 4 members (excludes halogenated alkanes) is 1. The number of benzene rings is 3. The monoisotopic (exact) mass is 654 g/mol.